The zero-order chi connectivity index (χ0) is 27.1. The van der Waals surface area contributed by atoms with Gasteiger partial charge < -0.3 is 33.7 Å². The highest BCUT2D eigenvalue weighted by Gasteiger charge is 2.48. The molecule has 10 nitrogen and oxygen atoms in total. The molecular weight excluding hydrogens is 492 g/mol. The summed E-state index contributed by atoms with van der Waals surface area (Å²) in [4.78, 5) is 30.3. The van der Waals surface area contributed by atoms with Crippen molar-refractivity contribution in [3.8, 4) is 17.2 Å². The van der Waals surface area contributed by atoms with Crippen molar-refractivity contribution in [2.24, 2.45) is 5.92 Å². The SMILES string of the molecule is CCCCN(CCCC)C(=O)CN1CC(c2cc(OC)c3c(c2)OCO3)C(C(=O)O)C1CCC1OCCO1. The lowest BCUT2D eigenvalue weighted by molar-refractivity contribution is -0.144. The zero-order valence-electron chi connectivity index (χ0n) is 22.9. The van der Waals surface area contributed by atoms with E-state index in [4.69, 9.17) is 23.7 Å². The van der Waals surface area contributed by atoms with E-state index in [-0.39, 0.29) is 37.5 Å². The monoisotopic (exact) mass is 534 g/mol. The third kappa shape index (κ3) is 6.52. The first kappa shape index (κ1) is 28.4. The Hall–Kier alpha value is -2.56. The molecule has 0 aliphatic carbocycles. The molecule has 1 amide bonds. The minimum absolute atomic E-state index is 0.0540. The van der Waals surface area contributed by atoms with Crippen molar-refractivity contribution in [2.45, 2.75) is 70.6 Å². The summed E-state index contributed by atoms with van der Waals surface area (Å²) in [6, 6.07) is 3.35. The summed E-state index contributed by atoms with van der Waals surface area (Å²) in [5.41, 5.74) is 0.806. The van der Waals surface area contributed by atoms with E-state index in [2.05, 4.69) is 18.7 Å². The number of unbranched alkanes of at least 4 members (excludes halogenated alkanes) is 2. The van der Waals surface area contributed by atoms with Crippen LogP contribution in [0.15, 0.2) is 12.1 Å². The Bertz CT molecular complexity index is 943. The summed E-state index contributed by atoms with van der Waals surface area (Å²) in [5.74, 6) is -0.293. The molecule has 10 heteroatoms. The first-order valence-electron chi connectivity index (χ1n) is 13.9. The van der Waals surface area contributed by atoms with Crippen LogP contribution < -0.4 is 14.2 Å². The van der Waals surface area contributed by atoms with E-state index in [9.17, 15) is 14.7 Å². The van der Waals surface area contributed by atoms with E-state index in [0.29, 0.717) is 49.8 Å². The average molecular weight is 535 g/mol. The van der Waals surface area contributed by atoms with Gasteiger partial charge >= 0.3 is 5.97 Å². The molecule has 0 spiro atoms. The van der Waals surface area contributed by atoms with E-state index >= 15 is 0 Å². The van der Waals surface area contributed by atoms with E-state index in [1.165, 1.54) is 0 Å². The summed E-state index contributed by atoms with van der Waals surface area (Å²) in [6.45, 7) is 7.50. The summed E-state index contributed by atoms with van der Waals surface area (Å²) in [5, 5.41) is 10.4. The molecular formula is C28H42N2O8. The van der Waals surface area contributed by atoms with Crippen molar-refractivity contribution in [1.29, 1.82) is 0 Å². The number of benzene rings is 1. The Morgan fingerprint density at radius 1 is 1.08 bits per heavy atom. The molecule has 212 valence electrons. The van der Waals surface area contributed by atoms with Gasteiger partial charge in [-0.2, -0.15) is 0 Å². The molecule has 38 heavy (non-hydrogen) atoms. The average Bonchev–Trinajstić information content (AvgIpc) is 3.67. The number of carboxylic acids is 1. The van der Waals surface area contributed by atoms with E-state index in [0.717, 1.165) is 44.3 Å². The second-order valence-corrected chi connectivity index (χ2v) is 10.3. The highest BCUT2D eigenvalue weighted by Crippen LogP contribution is 2.47. The standard InChI is InChI=1S/C28H42N2O8/c1-4-6-10-29(11-7-5-2)24(31)17-30-16-20(19-14-22(34-3)27-23(15-19)37-18-38-27)26(28(32)33)21(30)8-9-25-35-12-13-36-25/h14-15,20-21,25-26H,4-13,16-18H2,1-3H3,(H,32,33). The molecule has 0 bridgehead atoms. The largest absolute Gasteiger partial charge is 0.493 e. The van der Waals surface area contributed by atoms with Gasteiger partial charge in [0, 0.05) is 31.6 Å². The van der Waals surface area contributed by atoms with Gasteiger partial charge in [-0.15, -0.1) is 0 Å². The Morgan fingerprint density at radius 2 is 1.79 bits per heavy atom. The van der Waals surface area contributed by atoms with E-state index in [1.54, 1.807) is 7.11 Å². The van der Waals surface area contributed by atoms with Crippen LogP contribution in [-0.2, 0) is 19.1 Å². The lowest BCUT2D eigenvalue weighted by atomic mass is 9.83. The van der Waals surface area contributed by atoms with Crippen LogP contribution in [0.4, 0.5) is 0 Å². The summed E-state index contributed by atoms with van der Waals surface area (Å²) in [7, 11) is 1.56. The predicted octanol–water partition coefficient (Wildman–Crippen LogP) is 3.47. The van der Waals surface area contributed by atoms with Gasteiger partial charge in [0.25, 0.3) is 0 Å². The fraction of sp³-hybridized carbons (Fsp3) is 0.714. The number of fused-ring (bicyclic) bond motifs is 1. The Labute approximate surface area is 225 Å². The second kappa shape index (κ2) is 13.5. The molecule has 1 N–H and O–H groups in total. The van der Waals surface area contributed by atoms with Crippen LogP contribution in [0.1, 0.15) is 63.9 Å². The lowest BCUT2D eigenvalue weighted by Gasteiger charge is -2.30. The van der Waals surface area contributed by atoms with E-state index in [1.807, 2.05) is 17.0 Å². The van der Waals surface area contributed by atoms with Crippen LogP contribution in [0.2, 0.25) is 0 Å². The summed E-state index contributed by atoms with van der Waals surface area (Å²) in [6.07, 6.45) is 4.72. The Kier molecular flexibility index (Phi) is 10.1. The number of likely N-dealkylation sites (tertiary alicyclic amines) is 1. The Balaban J connectivity index is 1.60. The smallest absolute Gasteiger partial charge is 0.308 e. The fourth-order valence-electron chi connectivity index (χ4n) is 5.77. The van der Waals surface area contributed by atoms with Gasteiger partial charge in [0.05, 0.1) is 32.8 Å². The van der Waals surface area contributed by atoms with Crippen LogP contribution in [0, 0.1) is 5.92 Å². The van der Waals surface area contributed by atoms with Crippen molar-refractivity contribution in [3.05, 3.63) is 17.7 Å². The van der Waals surface area contributed by atoms with Gasteiger partial charge in [-0.3, -0.25) is 14.5 Å². The summed E-state index contributed by atoms with van der Waals surface area (Å²) < 4.78 is 28.0. The molecule has 1 aromatic rings. The minimum atomic E-state index is -0.881. The summed E-state index contributed by atoms with van der Waals surface area (Å²) >= 11 is 0. The van der Waals surface area contributed by atoms with Gasteiger partial charge in [0.2, 0.25) is 18.4 Å². The van der Waals surface area contributed by atoms with Crippen molar-refractivity contribution in [1.82, 2.24) is 9.80 Å². The molecule has 2 saturated heterocycles. The lowest BCUT2D eigenvalue weighted by Crippen LogP contribution is -2.45. The zero-order valence-corrected chi connectivity index (χ0v) is 22.9. The number of aliphatic carboxylic acids is 1. The van der Waals surface area contributed by atoms with Crippen molar-refractivity contribution >= 4 is 11.9 Å². The number of hydrogen-bond donors (Lipinski definition) is 1. The predicted molar refractivity (Wildman–Crippen MR) is 140 cm³/mol. The number of hydrogen-bond acceptors (Lipinski definition) is 8. The molecule has 0 radical (unpaired) electrons. The molecule has 0 aromatic heterocycles. The first-order valence-corrected chi connectivity index (χ1v) is 13.9. The van der Waals surface area contributed by atoms with Gasteiger partial charge in [0.1, 0.15) is 0 Å². The number of amides is 1. The molecule has 3 aliphatic rings. The molecule has 3 aliphatic heterocycles. The third-order valence-electron chi connectivity index (χ3n) is 7.79. The first-order chi connectivity index (χ1) is 18.5. The number of methoxy groups -OCH3 is 1. The number of nitrogens with zero attached hydrogens (tertiary/aromatic N) is 2. The number of rotatable bonds is 14. The molecule has 2 fully saturated rings. The molecule has 3 unspecified atom stereocenters. The third-order valence-corrected chi connectivity index (χ3v) is 7.79. The van der Waals surface area contributed by atoms with E-state index < -0.39 is 11.9 Å². The highest BCUT2D eigenvalue weighted by atomic mass is 16.7. The van der Waals surface area contributed by atoms with Gasteiger partial charge in [0.15, 0.2) is 17.8 Å². The maximum Gasteiger partial charge on any atom is 0.308 e. The topological polar surface area (TPSA) is 107 Å². The van der Waals surface area contributed by atoms with Gasteiger partial charge in [-0.1, -0.05) is 26.7 Å². The minimum Gasteiger partial charge on any atom is -0.493 e. The van der Waals surface area contributed by atoms with Crippen LogP contribution in [0.25, 0.3) is 0 Å². The van der Waals surface area contributed by atoms with Crippen molar-refractivity contribution in [2.75, 3.05) is 53.3 Å². The van der Waals surface area contributed by atoms with Crippen molar-refractivity contribution < 1.29 is 38.4 Å². The van der Waals surface area contributed by atoms with Crippen molar-refractivity contribution in [3.63, 3.8) is 0 Å². The normalized spacial score (nSPS) is 23.2. The fourth-order valence-corrected chi connectivity index (χ4v) is 5.77. The quantitative estimate of drug-likeness (QED) is 0.384. The number of ether oxygens (including phenoxy) is 5. The van der Waals surface area contributed by atoms with Crippen LogP contribution in [-0.4, -0.2) is 92.4 Å². The number of carbonyl (C=O) groups is 2. The van der Waals surface area contributed by atoms with Crippen LogP contribution in [0.3, 0.4) is 0 Å². The maximum atomic E-state index is 13.5. The van der Waals surface area contributed by atoms with Crippen LogP contribution in [0.5, 0.6) is 17.2 Å². The molecule has 3 heterocycles. The van der Waals surface area contributed by atoms with Gasteiger partial charge in [-0.05, 0) is 43.4 Å². The number of carbonyl (C=O) groups excluding carboxylic acids is 1. The maximum absolute atomic E-state index is 13.5. The Morgan fingerprint density at radius 3 is 2.42 bits per heavy atom. The molecule has 0 saturated carbocycles. The molecule has 3 atom stereocenters. The molecule has 4 rings (SSSR count). The molecule has 1 aromatic carbocycles. The highest BCUT2D eigenvalue weighted by molar-refractivity contribution is 5.79. The number of carboxylic acid groups (broad SMARTS) is 1. The van der Waals surface area contributed by atoms with Crippen LogP contribution >= 0.6 is 0 Å². The second-order valence-electron chi connectivity index (χ2n) is 10.3. The van der Waals surface area contributed by atoms with Gasteiger partial charge in [-0.25, -0.2) is 0 Å².